The summed E-state index contributed by atoms with van der Waals surface area (Å²) in [5.41, 5.74) is 6.13. The number of phenols is 1. The van der Waals surface area contributed by atoms with E-state index in [0.29, 0.717) is 31.4 Å². The molecule has 1 aromatic rings. The van der Waals surface area contributed by atoms with Gasteiger partial charge in [-0.1, -0.05) is 12.1 Å². The predicted molar refractivity (Wildman–Crippen MR) is 120 cm³/mol. The summed E-state index contributed by atoms with van der Waals surface area (Å²) in [5.74, 6) is -2.62. The van der Waals surface area contributed by atoms with Gasteiger partial charge in [0, 0.05) is 6.42 Å². The van der Waals surface area contributed by atoms with E-state index in [-0.39, 0.29) is 37.1 Å². The molecule has 33 heavy (non-hydrogen) atoms. The zero-order valence-corrected chi connectivity index (χ0v) is 18.5. The minimum absolute atomic E-state index is 0.00919. The van der Waals surface area contributed by atoms with Crippen molar-refractivity contribution in [3.63, 3.8) is 0 Å². The summed E-state index contributed by atoms with van der Waals surface area (Å²) in [6.07, 6.45) is 3.08. The van der Waals surface area contributed by atoms with E-state index < -0.39 is 29.9 Å². The molecular formula is C22H33N5O6. The Morgan fingerprint density at radius 3 is 2.42 bits per heavy atom. The van der Waals surface area contributed by atoms with Crippen LogP contribution in [0.2, 0.25) is 0 Å². The molecule has 3 amide bonds. The van der Waals surface area contributed by atoms with Crippen LogP contribution >= 0.6 is 0 Å². The highest BCUT2D eigenvalue weighted by Crippen LogP contribution is 2.12. The minimum Gasteiger partial charge on any atom is -0.508 e. The Kier molecular flexibility index (Phi) is 10.6. The summed E-state index contributed by atoms with van der Waals surface area (Å²) in [4.78, 5) is 48.9. The van der Waals surface area contributed by atoms with Gasteiger partial charge >= 0.3 is 5.97 Å². The largest absolute Gasteiger partial charge is 0.508 e. The summed E-state index contributed by atoms with van der Waals surface area (Å²) in [5, 5.41) is 29.6. The van der Waals surface area contributed by atoms with E-state index in [1.165, 1.54) is 12.1 Å². The van der Waals surface area contributed by atoms with E-state index in [1.807, 2.05) is 0 Å². The van der Waals surface area contributed by atoms with Gasteiger partial charge in [-0.3, -0.25) is 14.4 Å². The van der Waals surface area contributed by atoms with Crippen molar-refractivity contribution in [3.05, 3.63) is 29.8 Å². The number of hydrogen-bond acceptors (Lipinski definition) is 7. The van der Waals surface area contributed by atoms with E-state index in [2.05, 4.69) is 21.3 Å². The second-order valence-electron chi connectivity index (χ2n) is 8.04. The van der Waals surface area contributed by atoms with Crippen LogP contribution in [0.3, 0.4) is 0 Å². The number of benzene rings is 1. The maximum Gasteiger partial charge on any atom is 0.326 e. The monoisotopic (exact) mass is 463 g/mol. The van der Waals surface area contributed by atoms with Crippen molar-refractivity contribution in [1.82, 2.24) is 21.3 Å². The average Bonchev–Trinajstić information content (AvgIpc) is 3.33. The van der Waals surface area contributed by atoms with Crippen LogP contribution in [0.15, 0.2) is 24.3 Å². The number of nitrogens with two attached hydrogens (primary N) is 1. The van der Waals surface area contributed by atoms with Crippen LogP contribution in [-0.4, -0.2) is 71.7 Å². The number of rotatable bonds is 13. The molecule has 2 rings (SSSR count). The first-order valence-electron chi connectivity index (χ1n) is 11.1. The standard InChI is InChI=1S/C22H33N5O6/c23-10-2-1-4-17(26-19(29)13-25-20(30)16-5-3-11-24-16)21(31)27-18(22(32)33)12-14-6-8-15(28)9-7-14/h6-9,16-18,24,28H,1-5,10-13,23H2,(H,25,30)(H,26,29)(H,27,31)(H,32,33). The molecule has 1 fully saturated rings. The van der Waals surface area contributed by atoms with E-state index in [9.17, 15) is 29.4 Å². The van der Waals surface area contributed by atoms with Crippen molar-refractivity contribution >= 4 is 23.7 Å². The first kappa shape index (κ1) is 26.1. The molecule has 3 unspecified atom stereocenters. The Balaban J connectivity index is 1.95. The third-order valence-corrected chi connectivity index (χ3v) is 5.39. The Morgan fingerprint density at radius 2 is 1.82 bits per heavy atom. The molecule has 3 atom stereocenters. The van der Waals surface area contributed by atoms with Crippen LogP contribution in [0.1, 0.15) is 37.7 Å². The molecule has 0 radical (unpaired) electrons. The zero-order valence-electron chi connectivity index (χ0n) is 18.5. The first-order valence-corrected chi connectivity index (χ1v) is 11.1. The summed E-state index contributed by atoms with van der Waals surface area (Å²) < 4.78 is 0. The van der Waals surface area contributed by atoms with Gasteiger partial charge in [0.25, 0.3) is 0 Å². The van der Waals surface area contributed by atoms with Gasteiger partial charge in [0.15, 0.2) is 0 Å². The van der Waals surface area contributed by atoms with Crippen LogP contribution in [0, 0.1) is 0 Å². The quantitative estimate of drug-likeness (QED) is 0.181. The lowest BCUT2D eigenvalue weighted by Crippen LogP contribution is -2.54. The fraction of sp³-hybridized carbons (Fsp3) is 0.545. The van der Waals surface area contributed by atoms with Gasteiger partial charge in [-0.05, 0) is 62.9 Å². The smallest absolute Gasteiger partial charge is 0.326 e. The molecular weight excluding hydrogens is 430 g/mol. The summed E-state index contributed by atoms with van der Waals surface area (Å²) in [7, 11) is 0. The minimum atomic E-state index is -1.22. The Bertz CT molecular complexity index is 810. The van der Waals surface area contributed by atoms with Crippen molar-refractivity contribution in [2.24, 2.45) is 5.73 Å². The van der Waals surface area contributed by atoms with Crippen molar-refractivity contribution in [2.45, 2.75) is 56.7 Å². The number of aliphatic carboxylic acids is 1. The maximum absolute atomic E-state index is 12.8. The molecule has 0 aliphatic carbocycles. The van der Waals surface area contributed by atoms with Crippen LogP contribution < -0.4 is 27.0 Å². The second kappa shape index (κ2) is 13.4. The molecule has 0 bridgehead atoms. The van der Waals surface area contributed by atoms with Gasteiger partial charge in [0.2, 0.25) is 17.7 Å². The number of unbranched alkanes of at least 4 members (excludes halogenated alkanes) is 1. The molecule has 0 spiro atoms. The van der Waals surface area contributed by atoms with E-state index in [4.69, 9.17) is 5.73 Å². The lowest BCUT2D eigenvalue weighted by Gasteiger charge is -2.22. The first-order chi connectivity index (χ1) is 15.8. The maximum atomic E-state index is 12.8. The fourth-order valence-electron chi connectivity index (χ4n) is 3.55. The number of carboxylic acid groups (broad SMARTS) is 1. The molecule has 1 heterocycles. The summed E-state index contributed by atoms with van der Waals surface area (Å²) >= 11 is 0. The number of carbonyl (C=O) groups excluding carboxylic acids is 3. The number of carboxylic acids is 1. The molecule has 0 aromatic heterocycles. The van der Waals surface area contributed by atoms with Crippen LogP contribution in [-0.2, 0) is 25.6 Å². The van der Waals surface area contributed by atoms with E-state index >= 15 is 0 Å². The van der Waals surface area contributed by atoms with E-state index in [1.54, 1.807) is 12.1 Å². The van der Waals surface area contributed by atoms with Gasteiger partial charge < -0.3 is 37.2 Å². The van der Waals surface area contributed by atoms with Crippen molar-refractivity contribution in [2.75, 3.05) is 19.6 Å². The van der Waals surface area contributed by atoms with Crippen LogP contribution in [0.25, 0.3) is 0 Å². The van der Waals surface area contributed by atoms with E-state index in [0.717, 1.165) is 13.0 Å². The lowest BCUT2D eigenvalue weighted by molar-refractivity contribution is -0.142. The number of amides is 3. The molecule has 1 aromatic carbocycles. The Hall–Kier alpha value is -3.18. The molecule has 182 valence electrons. The van der Waals surface area contributed by atoms with Gasteiger partial charge in [-0.25, -0.2) is 4.79 Å². The number of aromatic hydroxyl groups is 1. The number of nitrogens with one attached hydrogen (secondary N) is 4. The number of carbonyl (C=O) groups is 4. The average molecular weight is 464 g/mol. The number of phenolic OH excluding ortho intramolecular Hbond substituents is 1. The Labute approximate surface area is 192 Å². The Morgan fingerprint density at radius 1 is 1.09 bits per heavy atom. The third kappa shape index (κ3) is 9.07. The van der Waals surface area contributed by atoms with Crippen molar-refractivity contribution < 1.29 is 29.4 Å². The van der Waals surface area contributed by atoms with Gasteiger partial charge in [-0.15, -0.1) is 0 Å². The van der Waals surface area contributed by atoms with Crippen LogP contribution in [0.5, 0.6) is 5.75 Å². The van der Waals surface area contributed by atoms with Crippen molar-refractivity contribution in [3.8, 4) is 5.75 Å². The summed E-state index contributed by atoms with van der Waals surface area (Å²) in [6.45, 7) is 0.890. The normalized spacial score (nSPS) is 17.1. The van der Waals surface area contributed by atoms with Gasteiger partial charge in [0.1, 0.15) is 17.8 Å². The van der Waals surface area contributed by atoms with Crippen LogP contribution in [0.4, 0.5) is 0 Å². The molecule has 1 aliphatic heterocycles. The highest BCUT2D eigenvalue weighted by atomic mass is 16.4. The summed E-state index contributed by atoms with van der Waals surface area (Å²) in [6, 6.07) is 3.50. The lowest BCUT2D eigenvalue weighted by atomic mass is 10.0. The fourth-order valence-corrected chi connectivity index (χ4v) is 3.55. The third-order valence-electron chi connectivity index (χ3n) is 5.39. The van der Waals surface area contributed by atoms with Gasteiger partial charge in [-0.2, -0.15) is 0 Å². The van der Waals surface area contributed by atoms with Crippen molar-refractivity contribution in [1.29, 1.82) is 0 Å². The molecule has 0 saturated carbocycles. The number of hydrogen-bond donors (Lipinski definition) is 7. The highest BCUT2D eigenvalue weighted by molar-refractivity contribution is 5.92. The molecule has 11 nitrogen and oxygen atoms in total. The molecule has 1 aliphatic rings. The SMILES string of the molecule is NCCCCC(NC(=O)CNC(=O)C1CCCN1)C(=O)NC(Cc1ccc(O)cc1)C(=O)O. The highest BCUT2D eigenvalue weighted by Gasteiger charge is 2.27. The zero-order chi connectivity index (χ0) is 24.2. The molecule has 11 heteroatoms. The molecule has 1 saturated heterocycles. The predicted octanol–water partition coefficient (Wildman–Crippen LogP) is -1.01. The second-order valence-corrected chi connectivity index (χ2v) is 8.04. The molecule has 8 N–H and O–H groups in total. The van der Waals surface area contributed by atoms with Gasteiger partial charge in [0.05, 0.1) is 12.6 Å². The topological polar surface area (TPSA) is 183 Å².